The lowest BCUT2D eigenvalue weighted by Crippen LogP contribution is -2.61. The molecule has 0 aromatic heterocycles. The Labute approximate surface area is 168 Å². The second-order valence-corrected chi connectivity index (χ2v) is 7.56. The van der Waals surface area contributed by atoms with Crippen molar-refractivity contribution in [1.82, 2.24) is 0 Å². The minimum absolute atomic E-state index is 0.344. The van der Waals surface area contributed by atoms with Crippen LogP contribution in [0.4, 0.5) is 21.5 Å². The molecule has 3 aromatic rings. The molecular formula is C21H13BrFN3O2. The molecule has 0 aliphatic carbocycles. The van der Waals surface area contributed by atoms with Crippen LogP contribution in [0.15, 0.2) is 71.2 Å². The molecule has 2 aliphatic rings. The quantitative estimate of drug-likeness (QED) is 0.590. The molecule has 2 amide bonds. The van der Waals surface area contributed by atoms with E-state index in [1.807, 2.05) is 6.07 Å². The van der Waals surface area contributed by atoms with Gasteiger partial charge in [-0.2, -0.15) is 0 Å². The number of hydrogen-bond acceptors (Lipinski definition) is 3. The van der Waals surface area contributed by atoms with Crippen LogP contribution >= 0.6 is 15.9 Å². The van der Waals surface area contributed by atoms with Gasteiger partial charge in [-0.1, -0.05) is 28.1 Å². The molecule has 28 heavy (non-hydrogen) atoms. The Morgan fingerprint density at radius 1 is 0.929 bits per heavy atom. The smallest absolute Gasteiger partial charge is 0.276 e. The number of carbonyl (C=O) groups excluding carboxylic acids is 2. The average Bonchev–Trinajstić information content (AvgIpc) is 2.95. The maximum atomic E-state index is 13.5. The van der Waals surface area contributed by atoms with Crippen molar-refractivity contribution in [2.24, 2.45) is 0 Å². The number of anilines is 3. The van der Waals surface area contributed by atoms with E-state index >= 15 is 0 Å². The lowest BCUT2D eigenvalue weighted by atomic mass is 9.92. The number of amides is 2. The second-order valence-electron chi connectivity index (χ2n) is 6.64. The van der Waals surface area contributed by atoms with Crippen molar-refractivity contribution in [2.75, 3.05) is 15.5 Å². The summed E-state index contributed by atoms with van der Waals surface area (Å²) in [6, 6.07) is 18.0. The largest absolute Gasteiger partial charge is 0.350 e. The predicted molar refractivity (Wildman–Crippen MR) is 108 cm³/mol. The minimum atomic E-state index is -1.48. The van der Waals surface area contributed by atoms with E-state index in [1.165, 1.54) is 29.2 Å². The number of nitrogens with one attached hydrogen (secondary N) is 2. The Hall–Kier alpha value is -3.19. The maximum Gasteiger partial charge on any atom is 0.276 e. The molecule has 7 heteroatoms. The monoisotopic (exact) mass is 437 g/mol. The molecule has 2 aliphatic heterocycles. The SMILES string of the molecule is O=C1c2ccccc2N[C@]2(C(=O)Nc3ccc(Br)cc32)N1c1ccc(F)cc1. The van der Waals surface area contributed by atoms with Crippen molar-refractivity contribution in [3.8, 4) is 0 Å². The lowest BCUT2D eigenvalue weighted by molar-refractivity contribution is -0.119. The van der Waals surface area contributed by atoms with E-state index in [-0.39, 0.29) is 11.8 Å². The number of para-hydroxylation sites is 1. The number of halogens is 2. The standard InChI is InChI=1S/C21H13BrFN3O2/c22-12-5-10-18-16(11-12)21(20(28)24-18)25-17-4-2-1-3-15(17)19(27)26(21)14-8-6-13(23)7-9-14/h1-11,25H,(H,24,28)/t21-/m0/s1. The first-order valence-electron chi connectivity index (χ1n) is 8.59. The number of benzene rings is 3. The van der Waals surface area contributed by atoms with Gasteiger partial charge in [-0.3, -0.25) is 14.5 Å². The summed E-state index contributed by atoms with van der Waals surface area (Å²) >= 11 is 3.45. The van der Waals surface area contributed by atoms with Crippen molar-refractivity contribution in [2.45, 2.75) is 5.66 Å². The van der Waals surface area contributed by atoms with Crippen LogP contribution in [0.5, 0.6) is 0 Å². The normalized spacial score (nSPS) is 19.9. The Morgan fingerprint density at radius 2 is 1.68 bits per heavy atom. The molecule has 0 bridgehead atoms. The Morgan fingerprint density at radius 3 is 2.46 bits per heavy atom. The fourth-order valence-corrected chi connectivity index (χ4v) is 4.17. The topological polar surface area (TPSA) is 61.4 Å². The molecule has 2 N–H and O–H groups in total. The maximum absolute atomic E-state index is 13.5. The zero-order chi connectivity index (χ0) is 19.5. The zero-order valence-electron chi connectivity index (χ0n) is 14.4. The van der Waals surface area contributed by atoms with E-state index in [0.717, 1.165) is 4.47 Å². The van der Waals surface area contributed by atoms with Crippen LogP contribution in [-0.2, 0) is 10.5 Å². The molecule has 0 saturated carbocycles. The summed E-state index contributed by atoms with van der Waals surface area (Å²) in [5.41, 5.74) is 1.15. The van der Waals surface area contributed by atoms with Gasteiger partial charge in [-0.15, -0.1) is 0 Å². The van der Waals surface area contributed by atoms with Crippen LogP contribution < -0.4 is 15.5 Å². The summed E-state index contributed by atoms with van der Waals surface area (Å²) in [6.07, 6.45) is 0. The fraction of sp³-hybridized carbons (Fsp3) is 0.0476. The first-order valence-corrected chi connectivity index (χ1v) is 9.39. The third-order valence-electron chi connectivity index (χ3n) is 5.04. The molecular weight excluding hydrogens is 425 g/mol. The Bertz CT molecular complexity index is 1150. The van der Waals surface area contributed by atoms with Gasteiger partial charge in [0.2, 0.25) is 5.66 Å². The van der Waals surface area contributed by atoms with Gasteiger partial charge in [0.1, 0.15) is 5.82 Å². The lowest BCUT2D eigenvalue weighted by Gasteiger charge is -2.44. The van der Waals surface area contributed by atoms with Gasteiger partial charge in [0.25, 0.3) is 11.8 Å². The molecule has 5 rings (SSSR count). The molecule has 3 aromatic carbocycles. The van der Waals surface area contributed by atoms with E-state index in [2.05, 4.69) is 26.6 Å². The van der Waals surface area contributed by atoms with Crippen molar-refractivity contribution in [1.29, 1.82) is 0 Å². The van der Waals surface area contributed by atoms with Gasteiger partial charge in [0.05, 0.1) is 5.56 Å². The third-order valence-corrected chi connectivity index (χ3v) is 5.54. The predicted octanol–water partition coefficient (Wildman–Crippen LogP) is 4.47. The zero-order valence-corrected chi connectivity index (χ0v) is 16.0. The van der Waals surface area contributed by atoms with Crippen molar-refractivity contribution >= 4 is 44.8 Å². The van der Waals surface area contributed by atoms with E-state index in [0.29, 0.717) is 28.2 Å². The van der Waals surface area contributed by atoms with Gasteiger partial charge in [0, 0.05) is 27.1 Å². The molecule has 5 nitrogen and oxygen atoms in total. The highest BCUT2D eigenvalue weighted by Crippen LogP contribution is 2.47. The highest BCUT2D eigenvalue weighted by molar-refractivity contribution is 9.10. The first kappa shape index (κ1) is 16.9. The summed E-state index contributed by atoms with van der Waals surface area (Å²) in [5.74, 6) is -1.15. The highest BCUT2D eigenvalue weighted by Gasteiger charge is 2.57. The number of hydrogen-bond donors (Lipinski definition) is 2. The van der Waals surface area contributed by atoms with Gasteiger partial charge in [0.15, 0.2) is 0 Å². The van der Waals surface area contributed by atoms with Crippen LogP contribution in [0, 0.1) is 5.82 Å². The van der Waals surface area contributed by atoms with Crippen molar-refractivity contribution in [3.63, 3.8) is 0 Å². The highest BCUT2D eigenvalue weighted by atomic mass is 79.9. The van der Waals surface area contributed by atoms with E-state index in [9.17, 15) is 14.0 Å². The molecule has 0 saturated heterocycles. The minimum Gasteiger partial charge on any atom is -0.350 e. The number of rotatable bonds is 1. The van der Waals surface area contributed by atoms with Crippen LogP contribution in [0.3, 0.4) is 0 Å². The third kappa shape index (κ3) is 2.23. The first-order chi connectivity index (χ1) is 13.5. The summed E-state index contributed by atoms with van der Waals surface area (Å²) in [5, 5.41) is 6.14. The summed E-state index contributed by atoms with van der Waals surface area (Å²) < 4.78 is 14.3. The van der Waals surface area contributed by atoms with Gasteiger partial charge < -0.3 is 10.6 Å². The van der Waals surface area contributed by atoms with Crippen LogP contribution in [0.2, 0.25) is 0 Å². The molecule has 1 atom stereocenters. The van der Waals surface area contributed by atoms with Gasteiger partial charge >= 0.3 is 0 Å². The molecule has 2 heterocycles. The number of fused-ring (bicyclic) bond motifs is 3. The average molecular weight is 438 g/mol. The van der Waals surface area contributed by atoms with Crippen LogP contribution in [0.25, 0.3) is 0 Å². The molecule has 1 spiro atoms. The van der Waals surface area contributed by atoms with Crippen LogP contribution in [0.1, 0.15) is 15.9 Å². The molecule has 0 fully saturated rings. The summed E-state index contributed by atoms with van der Waals surface area (Å²) in [6.45, 7) is 0. The van der Waals surface area contributed by atoms with Gasteiger partial charge in [-0.05, 0) is 54.6 Å². The fourth-order valence-electron chi connectivity index (χ4n) is 3.81. The molecule has 0 radical (unpaired) electrons. The van der Waals surface area contributed by atoms with Crippen LogP contribution in [-0.4, -0.2) is 11.8 Å². The summed E-state index contributed by atoms with van der Waals surface area (Å²) in [4.78, 5) is 28.2. The summed E-state index contributed by atoms with van der Waals surface area (Å²) in [7, 11) is 0. The Kier molecular flexibility index (Phi) is 3.57. The van der Waals surface area contributed by atoms with Crippen molar-refractivity contribution in [3.05, 3.63) is 88.1 Å². The van der Waals surface area contributed by atoms with Gasteiger partial charge in [-0.25, -0.2) is 4.39 Å². The van der Waals surface area contributed by atoms with E-state index in [4.69, 9.17) is 0 Å². The van der Waals surface area contributed by atoms with Crippen molar-refractivity contribution < 1.29 is 14.0 Å². The number of nitrogens with zero attached hydrogens (tertiary/aromatic N) is 1. The second kappa shape index (κ2) is 5.90. The number of carbonyl (C=O) groups is 2. The van der Waals surface area contributed by atoms with E-state index in [1.54, 1.807) is 36.4 Å². The van der Waals surface area contributed by atoms with E-state index < -0.39 is 11.5 Å². The molecule has 138 valence electrons. The molecule has 0 unspecified atom stereocenters. The Balaban J connectivity index is 1.82.